The van der Waals surface area contributed by atoms with Gasteiger partial charge >= 0.3 is 0 Å². The number of hydrogen-bond donors (Lipinski definition) is 2. The molecule has 4 nitrogen and oxygen atoms in total. The summed E-state index contributed by atoms with van der Waals surface area (Å²) in [5, 5.41) is 4.91. The molecule has 4 aromatic rings. The van der Waals surface area contributed by atoms with E-state index in [4.69, 9.17) is 9.47 Å². The van der Waals surface area contributed by atoms with E-state index in [1.807, 2.05) is 31.2 Å². The minimum Gasteiger partial charge on any atom is -0.490 e. The van der Waals surface area contributed by atoms with Gasteiger partial charge in [0.1, 0.15) is 5.82 Å². The number of benzene rings is 3. The molecule has 2 atom stereocenters. The second-order valence-corrected chi connectivity index (χ2v) is 8.43. The van der Waals surface area contributed by atoms with Gasteiger partial charge in [-0.15, -0.1) is 0 Å². The van der Waals surface area contributed by atoms with E-state index in [1.165, 1.54) is 28.6 Å². The Hall–Kier alpha value is -3.31. The van der Waals surface area contributed by atoms with E-state index in [-0.39, 0.29) is 17.8 Å². The zero-order chi connectivity index (χ0) is 22.8. The lowest BCUT2D eigenvalue weighted by Crippen LogP contribution is -2.34. The Bertz CT molecular complexity index is 1250. The topological polar surface area (TPSA) is 46.3 Å². The van der Waals surface area contributed by atoms with E-state index in [9.17, 15) is 4.39 Å². The molecule has 0 radical (unpaired) electrons. The van der Waals surface area contributed by atoms with Gasteiger partial charge in [-0.3, -0.25) is 0 Å². The van der Waals surface area contributed by atoms with Gasteiger partial charge in [0.25, 0.3) is 0 Å². The molecule has 0 bridgehead atoms. The molecule has 2 N–H and O–H groups in total. The highest BCUT2D eigenvalue weighted by molar-refractivity contribution is 5.86. The van der Waals surface area contributed by atoms with Crippen molar-refractivity contribution in [2.45, 2.75) is 32.2 Å². The third kappa shape index (κ3) is 4.09. The van der Waals surface area contributed by atoms with E-state index in [2.05, 4.69) is 47.6 Å². The second kappa shape index (κ2) is 9.28. The Kier molecular flexibility index (Phi) is 6.05. The largest absolute Gasteiger partial charge is 0.490 e. The van der Waals surface area contributed by atoms with Crippen molar-refractivity contribution in [3.05, 3.63) is 94.9 Å². The van der Waals surface area contributed by atoms with Crippen LogP contribution in [0, 0.1) is 5.82 Å². The molecule has 2 unspecified atom stereocenters. The lowest BCUT2D eigenvalue weighted by atomic mass is 9.83. The van der Waals surface area contributed by atoms with Gasteiger partial charge < -0.3 is 19.8 Å². The minimum absolute atomic E-state index is 0.0252. The molecule has 0 aliphatic carbocycles. The zero-order valence-corrected chi connectivity index (χ0v) is 19.0. The van der Waals surface area contributed by atoms with Gasteiger partial charge in [0, 0.05) is 29.1 Å². The van der Waals surface area contributed by atoms with E-state index in [0.717, 1.165) is 41.2 Å². The van der Waals surface area contributed by atoms with Crippen molar-refractivity contribution in [2.75, 3.05) is 19.8 Å². The third-order valence-corrected chi connectivity index (χ3v) is 6.27. The fraction of sp³-hybridized carbons (Fsp3) is 0.286. The fourth-order valence-corrected chi connectivity index (χ4v) is 4.79. The van der Waals surface area contributed by atoms with Crippen LogP contribution in [-0.4, -0.2) is 24.7 Å². The van der Waals surface area contributed by atoms with Crippen LogP contribution in [0.15, 0.2) is 66.7 Å². The van der Waals surface area contributed by atoms with Crippen LogP contribution in [0.1, 0.15) is 54.6 Å². The van der Waals surface area contributed by atoms with E-state index in [0.29, 0.717) is 13.2 Å². The summed E-state index contributed by atoms with van der Waals surface area (Å²) in [4.78, 5) is 3.65. The highest BCUT2D eigenvalue weighted by Gasteiger charge is 2.32. The number of nitrogens with one attached hydrogen (secondary N) is 2. The molecular formula is C28H29FN2O2. The Morgan fingerprint density at radius 3 is 2.48 bits per heavy atom. The van der Waals surface area contributed by atoms with Crippen molar-refractivity contribution in [3.63, 3.8) is 0 Å². The van der Waals surface area contributed by atoms with Gasteiger partial charge in [-0.1, -0.05) is 43.3 Å². The molecule has 0 fully saturated rings. The maximum absolute atomic E-state index is 13.6. The van der Waals surface area contributed by atoms with E-state index < -0.39 is 0 Å². The predicted octanol–water partition coefficient (Wildman–Crippen LogP) is 6.32. The average Bonchev–Trinajstić information content (AvgIpc) is 3.23. The SMILES string of the molecule is CCCOc1ccc(C2CNC(c3ccc(F)cc3)c3[nH]c4ccccc4c32)cc1OCC. The maximum atomic E-state index is 13.6. The summed E-state index contributed by atoms with van der Waals surface area (Å²) in [5.41, 5.74) is 5.74. The number of H-pyrrole nitrogens is 1. The van der Waals surface area contributed by atoms with Gasteiger partial charge in [-0.05, 0) is 60.4 Å². The van der Waals surface area contributed by atoms with E-state index in [1.54, 1.807) is 0 Å². The number of rotatable bonds is 7. The molecule has 0 spiro atoms. The molecule has 0 amide bonds. The summed E-state index contributed by atoms with van der Waals surface area (Å²) in [6.07, 6.45) is 0.948. The molecule has 170 valence electrons. The van der Waals surface area contributed by atoms with Gasteiger partial charge in [-0.25, -0.2) is 4.39 Å². The van der Waals surface area contributed by atoms with Crippen LogP contribution in [0.25, 0.3) is 10.9 Å². The van der Waals surface area contributed by atoms with Crippen molar-refractivity contribution >= 4 is 10.9 Å². The predicted molar refractivity (Wildman–Crippen MR) is 130 cm³/mol. The van der Waals surface area contributed by atoms with Gasteiger partial charge in [0.2, 0.25) is 0 Å². The lowest BCUT2D eigenvalue weighted by Gasteiger charge is -2.31. The van der Waals surface area contributed by atoms with Gasteiger partial charge in [0.05, 0.1) is 19.3 Å². The summed E-state index contributed by atoms with van der Waals surface area (Å²) in [6, 6.07) is 21.4. The number of aromatic nitrogens is 1. The van der Waals surface area contributed by atoms with Crippen molar-refractivity contribution in [1.82, 2.24) is 10.3 Å². The molecule has 1 aromatic heterocycles. The first-order valence-electron chi connectivity index (χ1n) is 11.7. The Balaban J connectivity index is 1.60. The summed E-state index contributed by atoms with van der Waals surface area (Å²) in [6.45, 7) is 6.09. The van der Waals surface area contributed by atoms with Crippen LogP contribution in [0.4, 0.5) is 4.39 Å². The molecule has 0 saturated carbocycles. The Morgan fingerprint density at radius 2 is 1.70 bits per heavy atom. The monoisotopic (exact) mass is 444 g/mol. The number of ether oxygens (including phenoxy) is 2. The molecule has 5 rings (SSSR count). The average molecular weight is 445 g/mol. The Morgan fingerprint density at radius 1 is 0.909 bits per heavy atom. The molecule has 33 heavy (non-hydrogen) atoms. The number of hydrogen-bond acceptors (Lipinski definition) is 3. The standard InChI is InChI=1S/C28H29FN2O2/c1-3-15-33-24-14-11-19(16-25(24)32-4-2)22-17-30-27(18-9-12-20(29)13-10-18)28-26(22)21-7-5-6-8-23(21)31-28/h5-14,16,22,27,30-31H,3-4,15,17H2,1-2H3. The first-order valence-corrected chi connectivity index (χ1v) is 11.7. The van der Waals surface area contributed by atoms with Crippen LogP contribution in [0.2, 0.25) is 0 Å². The van der Waals surface area contributed by atoms with Crippen LogP contribution in [0.3, 0.4) is 0 Å². The second-order valence-electron chi connectivity index (χ2n) is 8.43. The number of halogens is 1. The maximum Gasteiger partial charge on any atom is 0.161 e. The first-order chi connectivity index (χ1) is 16.2. The molecule has 5 heteroatoms. The van der Waals surface area contributed by atoms with Crippen LogP contribution in [0.5, 0.6) is 11.5 Å². The number of para-hydroxylation sites is 1. The lowest BCUT2D eigenvalue weighted by molar-refractivity contribution is 0.276. The van der Waals surface area contributed by atoms with Crippen molar-refractivity contribution in [2.24, 2.45) is 0 Å². The molecular weight excluding hydrogens is 415 g/mol. The van der Waals surface area contributed by atoms with Gasteiger partial charge in [0.15, 0.2) is 11.5 Å². The molecule has 1 aliphatic rings. The van der Waals surface area contributed by atoms with Crippen molar-refractivity contribution in [3.8, 4) is 11.5 Å². The molecule has 3 aromatic carbocycles. The van der Waals surface area contributed by atoms with Crippen LogP contribution >= 0.6 is 0 Å². The van der Waals surface area contributed by atoms with Crippen molar-refractivity contribution in [1.29, 1.82) is 0 Å². The number of aromatic amines is 1. The molecule has 0 saturated heterocycles. The summed E-state index contributed by atoms with van der Waals surface area (Å²) < 4.78 is 25.4. The fourth-order valence-electron chi connectivity index (χ4n) is 4.79. The van der Waals surface area contributed by atoms with E-state index >= 15 is 0 Å². The minimum atomic E-state index is -0.224. The smallest absolute Gasteiger partial charge is 0.161 e. The summed E-state index contributed by atoms with van der Waals surface area (Å²) in [5.74, 6) is 1.49. The quantitative estimate of drug-likeness (QED) is 0.351. The van der Waals surface area contributed by atoms with Crippen LogP contribution in [-0.2, 0) is 0 Å². The Labute approximate surface area is 193 Å². The van der Waals surface area contributed by atoms with Crippen molar-refractivity contribution < 1.29 is 13.9 Å². The highest BCUT2D eigenvalue weighted by Crippen LogP contribution is 2.43. The first kappa shape index (κ1) is 21.5. The zero-order valence-electron chi connectivity index (χ0n) is 19.0. The summed E-state index contributed by atoms with van der Waals surface area (Å²) >= 11 is 0. The summed E-state index contributed by atoms with van der Waals surface area (Å²) in [7, 11) is 0. The molecule has 2 heterocycles. The van der Waals surface area contributed by atoms with Crippen LogP contribution < -0.4 is 14.8 Å². The molecule has 1 aliphatic heterocycles. The number of fused-ring (bicyclic) bond motifs is 3. The highest BCUT2D eigenvalue weighted by atomic mass is 19.1. The van der Waals surface area contributed by atoms with Gasteiger partial charge in [-0.2, -0.15) is 0 Å². The third-order valence-electron chi connectivity index (χ3n) is 6.27. The normalized spacial score (nSPS) is 17.7.